The number of hydrogen-bond donors (Lipinski definition) is 0. The van der Waals surface area contributed by atoms with Crippen LogP contribution < -0.4 is 9.47 Å². The van der Waals surface area contributed by atoms with Crippen molar-refractivity contribution in [1.82, 2.24) is 0 Å². The monoisotopic (exact) mass is 506 g/mol. The van der Waals surface area contributed by atoms with Crippen molar-refractivity contribution < 1.29 is 34.7 Å². The molecule has 0 bridgehead atoms. The van der Waals surface area contributed by atoms with Gasteiger partial charge in [0.2, 0.25) is 0 Å². The molecule has 3 rings (SSSR count). The summed E-state index contributed by atoms with van der Waals surface area (Å²) >= 11 is 0. The second-order valence-corrected chi connectivity index (χ2v) is 10.6. The van der Waals surface area contributed by atoms with E-state index in [0.717, 1.165) is 11.1 Å². The molecule has 0 aliphatic heterocycles. The first-order chi connectivity index (χ1) is 16.2. The molecule has 8 nitrogen and oxygen atoms in total. The number of aryl methyl sites for hydroxylation is 2. The average molecular weight is 507 g/mol. The van der Waals surface area contributed by atoms with Crippen LogP contribution in [0.5, 0.6) is 11.5 Å². The molecule has 0 fully saturated rings. The number of hydrogen-bond acceptors (Lipinski definition) is 8. The van der Waals surface area contributed by atoms with E-state index in [1.807, 2.05) is 13.8 Å². The van der Waals surface area contributed by atoms with Crippen molar-refractivity contribution in [2.75, 3.05) is 26.4 Å². The lowest BCUT2D eigenvalue weighted by atomic mass is 10.2. The third-order valence-corrected chi connectivity index (χ3v) is 7.28. The van der Waals surface area contributed by atoms with E-state index in [9.17, 15) is 16.8 Å². The maximum Gasteiger partial charge on any atom is 0.297 e. The summed E-state index contributed by atoms with van der Waals surface area (Å²) in [5.41, 5.74) is 1.91. The first-order valence-electron chi connectivity index (χ1n) is 10.4. The number of ether oxygens (including phenoxy) is 2. The third-order valence-electron chi connectivity index (χ3n) is 4.62. The lowest BCUT2D eigenvalue weighted by molar-refractivity contribution is 0.217. The van der Waals surface area contributed by atoms with Gasteiger partial charge in [-0.25, -0.2) is 0 Å². The molecule has 0 heterocycles. The Labute approximate surface area is 200 Å². The third kappa shape index (κ3) is 7.56. The van der Waals surface area contributed by atoms with Crippen molar-refractivity contribution in [1.29, 1.82) is 0 Å². The molecule has 182 valence electrons. The lowest BCUT2D eigenvalue weighted by Crippen LogP contribution is -2.13. The highest BCUT2D eigenvalue weighted by Gasteiger charge is 2.15. The maximum absolute atomic E-state index is 12.1. The zero-order chi connectivity index (χ0) is 24.6. The van der Waals surface area contributed by atoms with Crippen LogP contribution in [0.1, 0.15) is 11.1 Å². The molecule has 3 aromatic rings. The smallest absolute Gasteiger partial charge is 0.297 e. The minimum absolute atomic E-state index is 0.0377. The number of benzene rings is 3. The average Bonchev–Trinajstić information content (AvgIpc) is 2.81. The Bertz CT molecular complexity index is 1160. The van der Waals surface area contributed by atoms with Gasteiger partial charge in [0, 0.05) is 0 Å². The highest BCUT2D eigenvalue weighted by Crippen LogP contribution is 2.19. The van der Waals surface area contributed by atoms with Crippen LogP contribution in [0.25, 0.3) is 0 Å². The molecule has 0 aliphatic rings. The fraction of sp³-hybridized carbons (Fsp3) is 0.250. The van der Waals surface area contributed by atoms with Gasteiger partial charge in [-0.2, -0.15) is 16.8 Å². The molecule has 0 saturated heterocycles. The van der Waals surface area contributed by atoms with Crippen LogP contribution in [0.2, 0.25) is 0 Å². The van der Waals surface area contributed by atoms with Gasteiger partial charge in [0.05, 0.1) is 9.79 Å². The second kappa shape index (κ2) is 11.5. The topological polar surface area (TPSA) is 105 Å². The molecule has 0 saturated carbocycles. The summed E-state index contributed by atoms with van der Waals surface area (Å²) in [6, 6.07) is 19.4. The van der Waals surface area contributed by atoms with E-state index in [1.54, 1.807) is 48.5 Å². The molecule has 0 N–H and O–H groups in total. The Hall–Kier alpha value is -2.92. The summed E-state index contributed by atoms with van der Waals surface area (Å²) in [7, 11) is -7.67. The van der Waals surface area contributed by atoms with Gasteiger partial charge in [-0.1, -0.05) is 35.4 Å². The van der Waals surface area contributed by atoms with E-state index in [4.69, 9.17) is 17.8 Å². The van der Waals surface area contributed by atoms with Crippen molar-refractivity contribution >= 4 is 20.2 Å². The van der Waals surface area contributed by atoms with Gasteiger partial charge >= 0.3 is 0 Å². The van der Waals surface area contributed by atoms with Crippen LogP contribution in [-0.2, 0) is 28.6 Å². The molecule has 0 spiro atoms. The van der Waals surface area contributed by atoms with Crippen molar-refractivity contribution in [2.45, 2.75) is 23.6 Å². The Morgan fingerprint density at radius 1 is 0.500 bits per heavy atom. The summed E-state index contributed by atoms with van der Waals surface area (Å²) in [4.78, 5) is 0.186. The van der Waals surface area contributed by atoms with Gasteiger partial charge in [0.1, 0.15) is 37.9 Å². The molecule has 0 radical (unpaired) electrons. The van der Waals surface area contributed by atoms with Gasteiger partial charge in [-0.3, -0.25) is 8.37 Å². The first-order valence-corrected chi connectivity index (χ1v) is 13.3. The van der Waals surface area contributed by atoms with E-state index in [0.29, 0.717) is 11.5 Å². The Kier molecular flexibility index (Phi) is 8.67. The minimum atomic E-state index is -3.84. The van der Waals surface area contributed by atoms with Gasteiger partial charge in [0.15, 0.2) is 0 Å². The minimum Gasteiger partial charge on any atom is -0.491 e. The van der Waals surface area contributed by atoms with E-state index >= 15 is 0 Å². The standard InChI is InChI=1S/C24H26O8S2/c1-19-3-11-23(12-4-19)33(25,26)31-17-15-29-21-7-9-22(10-8-21)30-16-18-32-34(27,28)24-13-5-20(2)6-14-24/h3-14H,15-18H2,1-2H3. The summed E-state index contributed by atoms with van der Waals surface area (Å²) in [5.74, 6) is 1.00. The predicted molar refractivity (Wildman–Crippen MR) is 126 cm³/mol. The Morgan fingerprint density at radius 3 is 1.15 bits per heavy atom. The van der Waals surface area contributed by atoms with E-state index in [1.165, 1.54) is 24.3 Å². The Morgan fingerprint density at radius 2 is 0.824 bits per heavy atom. The highest BCUT2D eigenvalue weighted by molar-refractivity contribution is 7.87. The van der Waals surface area contributed by atoms with Crippen LogP contribution in [0.4, 0.5) is 0 Å². The van der Waals surface area contributed by atoms with Crippen molar-refractivity contribution in [3.8, 4) is 11.5 Å². The van der Waals surface area contributed by atoms with Crippen LogP contribution in [0.15, 0.2) is 82.6 Å². The maximum atomic E-state index is 12.1. The summed E-state index contributed by atoms with van der Waals surface area (Å²) in [6.45, 7) is 3.53. The highest BCUT2D eigenvalue weighted by atomic mass is 32.2. The molecule has 0 aliphatic carbocycles. The molecule has 34 heavy (non-hydrogen) atoms. The van der Waals surface area contributed by atoms with Gasteiger partial charge in [-0.05, 0) is 62.4 Å². The Balaban J connectivity index is 1.38. The molecule has 3 aromatic carbocycles. The summed E-state index contributed by atoms with van der Waals surface area (Å²) in [5, 5.41) is 0. The molecule has 0 aromatic heterocycles. The normalized spacial score (nSPS) is 11.8. The zero-order valence-electron chi connectivity index (χ0n) is 18.8. The van der Waals surface area contributed by atoms with E-state index in [-0.39, 0.29) is 36.2 Å². The summed E-state index contributed by atoms with van der Waals surface area (Å²) < 4.78 is 69.5. The van der Waals surface area contributed by atoms with Crippen LogP contribution >= 0.6 is 0 Å². The van der Waals surface area contributed by atoms with E-state index in [2.05, 4.69) is 0 Å². The van der Waals surface area contributed by atoms with Gasteiger partial charge in [-0.15, -0.1) is 0 Å². The summed E-state index contributed by atoms with van der Waals surface area (Å²) in [6.07, 6.45) is 0. The van der Waals surface area contributed by atoms with E-state index < -0.39 is 20.2 Å². The number of rotatable bonds is 12. The van der Waals surface area contributed by atoms with Crippen molar-refractivity contribution in [3.05, 3.63) is 83.9 Å². The van der Waals surface area contributed by atoms with Gasteiger partial charge < -0.3 is 9.47 Å². The molecular formula is C24H26O8S2. The zero-order valence-corrected chi connectivity index (χ0v) is 20.5. The van der Waals surface area contributed by atoms with Crippen LogP contribution in [-0.4, -0.2) is 43.3 Å². The molecular weight excluding hydrogens is 480 g/mol. The molecule has 0 amide bonds. The quantitative estimate of drug-likeness (QED) is 0.269. The van der Waals surface area contributed by atoms with Crippen molar-refractivity contribution in [2.24, 2.45) is 0 Å². The molecule has 0 unspecified atom stereocenters. The predicted octanol–water partition coefficient (Wildman–Crippen LogP) is 3.87. The van der Waals surface area contributed by atoms with Crippen molar-refractivity contribution in [3.63, 3.8) is 0 Å². The van der Waals surface area contributed by atoms with Crippen LogP contribution in [0, 0.1) is 13.8 Å². The molecule has 0 atom stereocenters. The van der Waals surface area contributed by atoms with Gasteiger partial charge in [0.25, 0.3) is 20.2 Å². The largest absolute Gasteiger partial charge is 0.491 e. The second-order valence-electron chi connectivity index (χ2n) is 7.35. The SMILES string of the molecule is Cc1ccc(S(=O)(=O)OCCOc2ccc(OCCOS(=O)(=O)c3ccc(C)cc3)cc2)cc1. The first kappa shape index (κ1) is 25.7. The van der Waals surface area contributed by atoms with Crippen LogP contribution in [0.3, 0.4) is 0 Å². The molecule has 10 heteroatoms. The fourth-order valence-corrected chi connectivity index (χ4v) is 4.57. The lowest BCUT2D eigenvalue weighted by Gasteiger charge is -2.10. The fourth-order valence-electron chi connectivity index (χ4n) is 2.78.